The van der Waals surface area contributed by atoms with Gasteiger partial charge in [0.1, 0.15) is 5.75 Å². The van der Waals surface area contributed by atoms with Gasteiger partial charge in [-0.05, 0) is 59.2 Å². The first-order chi connectivity index (χ1) is 13.6. The number of fused-ring (bicyclic) bond motifs is 1. The highest BCUT2D eigenvalue weighted by atomic mass is 32.2. The van der Waals surface area contributed by atoms with Crippen molar-refractivity contribution in [2.24, 2.45) is 0 Å². The Morgan fingerprint density at radius 3 is 2.03 bits per heavy atom. The Morgan fingerprint density at radius 2 is 1.45 bits per heavy atom. The molecule has 0 fully saturated rings. The zero-order valence-electron chi connectivity index (χ0n) is 16.4. The van der Waals surface area contributed by atoms with Gasteiger partial charge < -0.3 is 4.74 Å². The molecule has 1 atom stereocenters. The highest BCUT2D eigenvalue weighted by molar-refractivity contribution is 7.90. The van der Waals surface area contributed by atoms with Gasteiger partial charge in [-0.1, -0.05) is 31.2 Å². The van der Waals surface area contributed by atoms with Crippen LogP contribution in [0, 0.1) is 0 Å². The molecule has 154 valence electrons. The molecule has 0 spiro atoms. The van der Waals surface area contributed by atoms with Crippen LogP contribution in [-0.4, -0.2) is 30.2 Å². The molecule has 0 aliphatic heterocycles. The summed E-state index contributed by atoms with van der Waals surface area (Å²) in [4.78, 5) is 0.366. The van der Waals surface area contributed by atoms with Gasteiger partial charge in [0.15, 0.2) is 9.84 Å². The molecule has 8 heteroatoms. The Balaban J connectivity index is 1.89. The minimum atomic E-state index is -3.76. The topological polar surface area (TPSA) is 89.5 Å². The van der Waals surface area contributed by atoms with E-state index in [-0.39, 0.29) is 9.79 Å². The molecule has 3 aromatic carbocycles. The fourth-order valence-corrected chi connectivity index (χ4v) is 5.06. The molecule has 1 N–H and O–H groups in total. The maximum Gasteiger partial charge on any atom is 0.241 e. The lowest BCUT2D eigenvalue weighted by atomic mass is 10.1. The third kappa shape index (κ3) is 4.77. The summed E-state index contributed by atoms with van der Waals surface area (Å²) in [6, 6.07) is 16.2. The second kappa shape index (κ2) is 8.14. The van der Waals surface area contributed by atoms with E-state index in [0.717, 1.165) is 17.0 Å². The lowest BCUT2D eigenvalue weighted by Crippen LogP contribution is -2.28. The molecule has 0 aromatic heterocycles. The minimum absolute atomic E-state index is 0.168. The summed E-state index contributed by atoms with van der Waals surface area (Å²) in [6.45, 7) is 1.87. The monoisotopic (exact) mass is 433 g/mol. The lowest BCUT2D eigenvalue weighted by molar-refractivity contribution is 0.415. The van der Waals surface area contributed by atoms with Crippen molar-refractivity contribution in [2.45, 2.75) is 29.2 Å². The van der Waals surface area contributed by atoms with Gasteiger partial charge in [-0.25, -0.2) is 21.6 Å². The fraction of sp³-hybridized carbons (Fsp3) is 0.238. The quantitative estimate of drug-likeness (QED) is 0.614. The Labute approximate surface area is 171 Å². The van der Waals surface area contributed by atoms with Gasteiger partial charge in [-0.3, -0.25) is 0 Å². The van der Waals surface area contributed by atoms with Crippen LogP contribution >= 0.6 is 0 Å². The van der Waals surface area contributed by atoms with Crippen LogP contribution in [0.5, 0.6) is 5.75 Å². The van der Waals surface area contributed by atoms with E-state index in [0.29, 0.717) is 17.7 Å². The molecule has 0 heterocycles. The third-order valence-electron chi connectivity index (χ3n) is 4.75. The van der Waals surface area contributed by atoms with Crippen LogP contribution in [0.25, 0.3) is 10.8 Å². The van der Waals surface area contributed by atoms with Crippen molar-refractivity contribution >= 4 is 30.6 Å². The molecule has 29 heavy (non-hydrogen) atoms. The molecule has 0 amide bonds. The first-order valence-corrected chi connectivity index (χ1v) is 12.4. The van der Waals surface area contributed by atoms with Crippen LogP contribution in [0.3, 0.4) is 0 Å². The third-order valence-corrected chi connectivity index (χ3v) is 7.34. The number of methoxy groups -OCH3 is 1. The number of hydrogen-bond acceptors (Lipinski definition) is 5. The SMILES string of the molecule is CC[C@H](NS(=O)(=O)c1ccc2cc(OC)ccc2c1)c1ccc(S(C)(=O)=O)cc1. The molecular formula is C21H23NO5S2. The number of sulfonamides is 1. The second-order valence-electron chi connectivity index (χ2n) is 6.80. The van der Waals surface area contributed by atoms with E-state index in [1.165, 1.54) is 12.1 Å². The van der Waals surface area contributed by atoms with Crippen LogP contribution in [0.15, 0.2) is 70.5 Å². The van der Waals surface area contributed by atoms with Crippen LogP contribution in [0.1, 0.15) is 24.9 Å². The number of ether oxygens (including phenoxy) is 1. The number of hydrogen-bond donors (Lipinski definition) is 1. The summed E-state index contributed by atoms with van der Waals surface area (Å²) in [7, 11) is -5.49. The van der Waals surface area contributed by atoms with E-state index in [9.17, 15) is 16.8 Å². The maximum atomic E-state index is 12.9. The van der Waals surface area contributed by atoms with Gasteiger partial charge in [0.2, 0.25) is 10.0 Å². The van der Waals surface area contributed by atoms with Crippen LogP contribution in [-0.2, 0) is 19.9 Å². The summed E-state index contributed by atoms with van der Waals surface area (Å²) in [5, 5.41) is 1.67. The molecule has 0 aliphatic rings. The summed E-state index contributed by atoms with van der Waals surface area (Å²) in [6.07, 6.45) is 1.65. The predicted molar refractivity (Wildman–Crippen MR) is 113 cm³/mol. The average molecular weight is 434 g/mol. The van der Waals surface area contributed by atoms with E-state index < -0.39 is 25.9 Å². The Kier molecular flexibility index (Phi) is 5.97. The number of nitrogens with one attached hydrogen (secondary N) is 1. The zero-order chi connectivity index (χ0) is 21.2. The van der Waals surface area contributed by atoms with E-state index in [1.807, 2.05) is 19.1 Å². The van der Waals surface area contributed by atoms with E-state index in [4.69, 9.17) is 4.74 Å². The van der Waals surface area contributed by atoms with Crippen molar-refractivity contribution in [3.63, 3.8) is 0 Å². The first-order valence-electron chi connectivity index (χ1n) is 9.04. The molecule has 3 aromatic rings. The van der Waals surface area contributed by atoms with E-state index in [2.05, 4.69) is 4.72 Å². The summed E-state index contributed by atoms with van der Waals surface area (Å²) >= 11 is 0. The molecule has 0 saturated carbocycles. The molecular weight excluding hydrogens is 410 g/mol. The Morgan fingerprint density at radius 1 is 0.862 bits per heavy atom. The molecule has 0 radical (unpaired) electrons. The molecule has 0 unspecified atom stereocenters. The lowest BCUT2D eigenvalue weighted by Gasteiger charge is -2.18. The number of benzene rings is 3. The largest absolute Gasteiger partial charge is 0.497 e. The van der Waals surface area contributed by atoms with Crippen LogP contribution in [0.2, 0.25) is 0 Å². The van der Waals surface area contributed by atoms with Gasteiger partial charge in [-0.2, -0.15) is 0 Å². The summed E-state index contributed by atoms with van der Waals surface area (Å²) < 4.78 is 57.0. The van der Waals surface area contributed by atoms with Gasteiger partial charge in [0, 0.05) is 12.3 Å². The van der Waals surface area contributed by atoms with Crippen molar-refractivity contribution in [1.82, 2.24) is 4.72 Å². The zero-order valence-corrected chi connectivity index (χ0v) is 18.0. The van der Waals surface area contributed by atoms with Crippen molar-refractivity contribution in [2.75, 3.05) is 13.4 Å². The molecule has 0 saturated heterocycles. The van der Waals surface area contributed by atoms with Gasteiger partial charge in [0.05, 0.1) is 16.9 Å². The van der Waals surface area contributed by atoms with Gasteiger partial charge >= 0.3 is 0 Å². The Bertz CT molecular complexity index is 1230. The van der Waals surface area contributed by atoms with E-state index >= 15 is 0 Å². The number of sulfone groups is 1. The van der Waals surface area contributed by atoms with Gasteiger partial charge in [0.25, 0.3) is 0 Å². The van der Waals surface area contributed by atoms with Crippen LogP contribution in [0.4, 0.5) is 0 Å². The molecule has 0 aliphatic carbocycles. The number of rotatable bonds is 7. The molecule has 6 nitrogen and oxygen atoms in total. The van der Waals surface area contributed by atoms with Gasteiger partial charge in [-0.15, -0.1) is 0 Å². The smallest absolute Gasteiger partial charge is 0.241 e. The highest BCUT2D eigenvalue weighted by Crippen LogP contribution is 2.26. The fourth-order valence-electron chi connectivity index (χ4n) is 3.09. The van der Waals surface area contributed by atoms with Crippen LogP contribution < -0.4 is 9.46 Å². The van der Waals surface area contributed by atoms with Crippen molar-refractivity contribution < 1.29 is 21.6 Å². The average Bonchev–Trinajstić information content (AvgIpc) is 2.70. The van der Waals surface area contributed by atoms with Crippen molar-refractivity contribution in [3.8, 4) is 5.75 Å². The summed E-state index contributed by atoms with van der Waals surface area (Å²) in [5.41, 5.74) is 0.703. The minimum Gasteiger partial charge on any atom is -0.497 e. The summed E-state index contributed by atoms with van der Waals surface area (Å²) in [5.74, 6) is 0.704. The predicted octanol–water partition coefficient (Wildman–Crippen LogP) is 3.68. The van der Waals surface area contributed by atoms with Crippen molar-refractivity contribution in [1.29, 1.82) is 0 Å². The highest BCUT2D eigenvalue weighted by Gasteiger charge is 2.21. The second-order valence-corrected chi connectivity index (χ2v) is 10.5. The maximum absolute atomic E-state index is 12.9. The normalized spacial score (nSPS) is 13.3. The van der Waals surface area contributed by atoms with Crippen molar-refractivity contribution in [3.05, 3.63) is 66.2 Å². The molecule has 0 bridgehead atoms. The standard InChI is InChI=1S/C21H23NO5S2/c1-4-21(15-6-10-19(11-7-15)28(3,23)24)22-29(25,26)20-12-8-16-13-18(27-2)9-5-17(16)14-20/h5-14,21-22H,4H2,1-3H3/t21-/m0/s1. The Hall–Kier alpha value is -2.42. The molecule has 3 rings (SSSR count). The first kappa shape index (κ1) is 21.3. The van der Waals surface area contributed by atoms with E-state index in [1.54, 1.807) is 43.5 Å².